The second kappa shape index (κ2) is 9.02. The van der Waals surface area contributed by atoms with Gasteiger partial charge in [-0.1, -0.05) is 38.3 Å². The first-order valence-electron chi connectivity index (χ1n) is 9.72. The Morgan fingerprint density at radius 1 is 1.46 bits per heavy atom. The van der Waals surface area contributed by atoms with Crippen molar-refractivity contribution >= 4 is 5.97 Å². The average Bonchev–Trinajstić information content (AvgIpc) is 3.02. The summed E-state index contributed by atoms with van der Waals surface area (Å²) in [5, 5.41) is 30.2. The summed E-state index contributed by atoms with van der Waals surface area (Å²) in [4.78, 5) is 15.7. The molecule has 0 aromatic carbocycles. The van der Waals surface area contributed by atoms with Crippen molar-refractivity contribution in [2.24, 2.45) is 11.8 Å². The average molecular weight is 367 g/mol. The quantitative estimate of drug-likeness (QED) is 0.255. The van der Waals surface area contributed by atoms with Gasteiger partial charge < -0.3 is 15.3 Å². The summed E-state index contributed by atoms with van der Waals surface area (Å²) < 4.78 is 0. The minimum atomic E-state index is -0.922. The van der Waals surface area contributed by atoms with Gasteiger partial charge in [0.1, 0.15) is 0 Å². The third-order valence-electron chi connectivity index (χ3n) is 5.54. The lowest BCUT2D eigenvalue weighted by molar-refractivity contribution is -0.138. The fraction of sp³-hybridized carbons (Fsp3) is 0.750. The molecular weight excluding hydrogens is 334 g/mol. The molecule has 1 saturated carbocycles. The van der Waals surface area contributed by atoms with Gasteiger partial charge in [0.05, 0.1) is 24.2 Å². The van der Waals surface area contributed by atoms with E-state index >= 15 is 0 Å². The molecule has 2 aliphatic carbocycles. The molecule has 0 aromatic rings. The van der Waals surface area contributed by atoms with Crippen LogP contribution < -0.4 is 5.48 Å². The number of allylic oxidation sites excluding steroid dienone is 1. The van der Waals surface area contributed by atoms with Crippen molar-refractivity contribution in [3.05, 3.63) is 23.9 Å². The molecule has 0 saturated heterocycles. The third kappa shape index (κ3) is 5.56. The molecule has 2 aliphatic rings. The zero-order valence-electron chi connectivity index (χ0n) is 15.9. The Labute approximate surface area is 155 Å². The predicted octanol–water partition coefficient (Wildman–Crippen LogP) is 2.91. The van der Waals surface area contributed by atoms with Crippen LogP contribution in [0, 0.1) is 11.8 Å². The normalized spacial score (nSPS) is 30.2. The minimum absolute atomic E-state index is 0.0246. The lowest BCUT2D eigenvalue weighted by Crippen LogP contribution is -2.34. The summed E-state index contributed by atoms with van der Waals surface area (Å²) in [7, 11) is 0. The molecule has 6 heteroatoms. The number of hydroxylamine groups is 1. The number of fused-ring (bicyclic) bond motifs is 1. The van der Waals surface area contributed by atoms with E-state index in [1.165, 1.54) is 0 Å². The van der Waals surface area contributed by atoms with Crippen molar-refractivity contribution < 1.29 is 25.0 Å². The van der Waals surface area contributed by atoms with Gasteiger partial charge >= 0.3 is 5.97 Å². The van der Waals surface area contributed by atoms with Crippen molar-refractivity contribution in [1.82, 2.24) is 5.48 Å². The van der Waals surface area contributed by atoms with E-state index in [4.69, 9.17) is 9.94 Å². The second-order valence-corrected chi connectivity index (χ2v) is 7.91. The zero-order chi connectivity index (χ0) is 19.2. The van der Waals surface area contributed by atoms with Crippen LogP contribution in [0.4, 0.5) is 0 Å². The first-order valence-corrected chi connectivity index (χ1v) is 9.72. The molecule has 0 radical (unpaired) electrons. The smallest absolute Gasteiger partial charge is 0.305 e. The summed E-state index contributed by atoms with van der Waals surface area (Å²) in [5.41, 5.74) is 1.82. The van der Waals surface area contributed by atoms with E-state index < -0.39 is 17.2 Å². The molecule has 0 spiro atoms. The van der Waals surface area contributed by atoms with Gasteiger partial charge in [-0.15, -0.1) is 0 Å². The molecule has 4 N–H and O–H groups in total. The van der Waals surface area contributed by atoms with E-state index in [0.717, 1.165) is 44.2 Å². The molecular formula is C20H33NO5. The Bertz CT molecular complexity index is 542. The Balaban J connectivity index is 1.91. The van der Waals surface area contributed by atoms with Gasteiger partial charge in [-0.25, -0.2) is 0 Å². The van der Waals surface area contributed by atoms with Crippen molar-refractivity contribution in [2.45, 2.75) is 76.4 Å². The maximum absolute atomic E-state index is 11.1. The van der Waals surface area contributed by atoms with Crippen LogP contribution >= 0.6 is 0 Å². The highest BCUT2D eigenvalue weighted by atomic mass is 16.6. The van der Waals surface area contributed by atoms with Crippen LogP contribution in [0.2, 0.25) is 0 Å². The number of aliphatic hydroxyl groups is 2. The second-order valence-electron chi connectivity index (χ2n) is 7.91. The standard InChI is InChI=1S/C20H33NO5/c1-3-4-5-10-19(2,24)11-8-15-6-7-16-13-17(14-20(15,16)25)21-26-12-9-18(22)23/h8,11,14-16,21,24-25H,3-7,9-10,12-13H2,1-2H3,(H,22,23)/t15-,16+,19?,20+/m0/s1. The zero-order valence-corrected chi connectivity index (χ0v) is 15.9. The van der Waals surface area contributed by atoms with Gasteiger partial charge in [0, 0.05) is 11.6 Å². The minimum Gasteiger partial charge on any atom is -0.481 e. The molecule has 0 bridgehead atoms. The number of unbranched alkanes of at least 4 members (excludes halogenated alkanes) is 2. The lowest BCUT2D eigenvalue weighted by Gasteiger charge is -2.27. The maximum atomic E-state index is 11.1. The predicted molar refractivity (Wildman–Crippen MR) is 99.1 cm³/mol. The van der Waals surface area contributed by atoms with Gasteiger partial charge in [0.25, 0.3) is 0 Å². The number of carboxylic acid groups (broad SMARTS) is 1. The highest BCUT2D eigenvalue weighted by Crippen LogP contribution is 2.49. The fourth-order valence-corrected chi connectivity index (χ4v) is 3.98. The lowest BCUT2D eigenvalue weighted by atomic mass is 9.85. The molecule has 0 aromatic heterocycles. The number of rotatable bonds is 11. The van der Waals surface area contributed by atoms with Gasteiger partial charge in [-0.3, -0.25) is 15.1 Å². The van der Waals surface area contributed by atoms with Gasteiger partial charge in [-0.05, 0) is 44.6 Å². The SMILES string of the molecule is CCCCCC(C)(O)C=C[C@@H]1CC[C@@H]2CC(NOCCC(=O)O)=C[C@]21O. The molecule has 4 atom stereocenters. The van der Waals surface area contributed by atoms with Gasteiger partial charge in [0.2, 0.25) is 0 Å². The molecule has 6 nitrogen and oxygen atoms in total. The Kier molecular flexibility index (Phi) is 7.26. The van der Waals surface area contributed by atoms with Crippen molar-refractivity contribution in [2.75, 3.05) is 6.61 Å². The largest absolute Gasteiger partial charge is 0.481 e. The number of hydrogen-bond acceptors (Lipinski definition) is 5. The van der Waals surface area contributed by atoms with E-state index in [1.54, 1.807) is 0 Å². The molecule has 148 valence electrons. The number of carbonyl (C=O) groups is 1. The van der Waals surface area contributed by atoms with Crippen LogP contribution in [0.3, 0.4) is 0 Å². The monoisotopic (exact) mass is 367 g/mol. The van der Waals surface area contributed by atoms with Crippen molar-refractivity contribution in [1.29, 1.82) is 0 Å². The van der Waals surface area contributed by atoms with Crippen molar-refractivity contribution in [3.63, 3.8) is 0 Å². The van der Waals surface area contributed by atoms with Gasteiger partial charge in [0.15, 0.2) is 0 Å². The van der Waals surface area contributed by atoms with E-state index in [2.05, 4.69) is 12.4 Å². The van der Waals surface area contributed by atoms with Crippen LogP contribution in [0.15, 0.2) is 23.9 Å². The van der Waals surface area contributed by atoms with Crippen LogP contribution in [0.5, 0.6) is 0 Å². The van der Waals surface area contributed by atoms with Crippen LogP contribution in [0.1, 0.15) is 65.2 Å². The first-order chi connectivity index (χ1) is 12.3. The maximum Gasteiger partial charge on any atom is 0.305 e. The van der Waals surface area contributed by atoms with Crippen molar-refractivity contribution in [3.8, 4) is 0 Å². The van der Waals surface area contributed by atoms with Crippen LogP contribution in [-0.4, -0.2) is 39.1 Å². The third-order valence-corrected chi connectivity index (χ3v) is 5.54. The number of hydrogen-bond donors (Lipinski definition) is 4. The van der Waals surface area contributed by atoms with E-state index in [-0.39, 0.29) is 24.9 Å². The molecule has 0 aliphatic heterocycles. The highest BCUT2D eigenvalue weighted by Gasteiger charge is 2.50. The summed E-state index contributed by atoms with van der Waals surface area (Å²) in [6.45, 7) is 4.05. The van der Waals surface area contributed by atoms with Crippen LogP contribution in [-0.2, 0) is 9.63 Å². The number of aliphatic carboxylic acids is 1. The molecule has 1 fully saturated rings. The summed E-state index contributed by atoms with van der Waals surface area (Å²) in [5.74, 6) is -0.796. The molecule has 26 heavy (non-hydrogen) atoms. The highest BCUT2D eigenvalue weighted by molar-refractivity contribution is 5.66. The topological polar surface area (TPSA) is 99.0 Å². The number of nitrogens with one attached hydrogen (secondary N) is 1. The summed E-state index contributed by atoms with van der Waals surface area (Å²) >= 11 is 0. The summed E-state index contributed by atoms with van der Waals surface area (Å²) in [6.07, 6.45) is 12.0. The summed E-state index contributed by atoms with van der Waals surface area (Å²) in [6, 6.07) is 0. The van der Waals surface area contributed by atoms with E-state index in [9.17, 15) is 15.0 Å². The molecule has 1 unspecified atom stereocenters. The fourth-order valence-electron chi connectivity index (χ4n) is 3.98. The number of carboxylic acids is 1. The van der Waals surface area contributed by atoms with Gasteiger partial charge in [-0.2, -0.15) is 0 Å². The van der Waals surface area contributed by atoms with E-state index in [1.807, 2.05) is 25.2 Å². The Hall–Kier alpha value is -1.37. The molecule has 0 amide bonds. The Morgan fingerprint density at radius 2 is 2.23 bits per heavy atom. The first kappa shape index (κ1) is 20.9. The Morgan fingerprint density at radius 3 is 2.92 bits per heavy atom. The molecule has 0 heterocycles. The molecule has 2 rings (SSSR count). The van der Waals surface area contributed by atoms with E-state index in [0.29, 0.717) is 6.42 Å². The van der Waals surface area contributed by atoms with Crippen LogP contribution in [0.25, 0.3) is 0 Å².